The Morgan fingerprint density at radius 3 is 2.47 bits per heavy atom. The van der Waals surface area contributed by atoms with Crippen molar-refractivity contribution in [2.45, 2.75) is 0 Å². The lowest BCUT2D eigenvalue weighted by molar-refractivity contribution is 0.943. The SMILES string of the molecule is Nc1ccc2c(c1)c(=O)[nH]c(=O)n2-c1ccccc1. The summed E-state index contributed by atoms with van der Waals surface area (Å²) >= 11 is 0. The normalized spacial score (nSPS) is 10.7. The molecule has 1 heterocycles. The molecule has 0 saturated heterocycles. The van der Waals surface area contributed by atoms with Gasteiger partial charge in [-0.25, -0.2) is 4.79 Å². The van der Waals surface area contributed by atoms with Gasteiger partial charge >= 0.3 is 5.69 Å². The van der Waals surface area contributed by atoms with Gasteiger partial charge in [-0.05, 0) is 30.3 Å². The highest BCUT2D eigenvalue weighted by molar-refractivity contribution is 5.82. The summed E-state index contributed by atoms with van der Waals surface area (Å²) in [6, 6.07) is 14.0. The molecule has 0 atom stereocenters. The van der Waals surface area contributed by atoms with Crippen LogP contribution in [0.5, 0.6) is 0 Å². The van der Waals surface area contributed by atoms with Crippen LogP contribution in [0.15, 0.2) is 58.1 Å². The van der Waals surface area contributed by atoms with Crippen molar-refractivity contribution in [3.63, 3.8) is 0 Å². The van der Waals surface area contributed by atoms with Gasteiger partial charge < -0.3 is 5.73 Å². The van der Waals surface area contributed by atoms with E-state index in [1.54, 1.807) is 30.3 Å². The third-order valence-corrected chi connectivity index (χ3v) is 2.94. The minimum atomic E-state index is -0.464. The molecule has 3 N–H and O–H groups in total. The Bertz CT molecular complexity index is 863. The van der Waals surface area contributed by atoms with Gasteiger partial charge in [0.2, 0.25) is 0 Å². The number of H-pyrrole nitrogens is 1. The number of hydrogen-bond donors (Lipinski definition) is 2. The predicted octanol–water partition coefficient (Wildman–Crippen LogP) is 1.26. The maximum atomic E-state index is 12.0. The van der Waals surface area contributed by atoms with E-state index in [2.05, 4.69) is 4.98 Å². The highest BCUT2D eigenvalue weighted by atomic mass is 16.2. The molecule has 0 aliphatic carbocycles. The Morgan fingerprint density at radius 1 is 1.00 bits per heavy atom. The molecular weight excluding hydrogens is 242 g/mol. The predicted molar refractivity (Wildman–Crippen MR) is 74.6 cm³/mol. The summed E-state index contributed by atoms with van der Waals surface area (Å²) in [7, 11) is 0. The molecule has 5 heteroatoms. The highest BCUT2D eigenvalue weighted by Gasteiger charge is 2.08. The summed E-state index contributed by atoms with van der Waals surface area (Å²) in [5.41, 5.74) is 6.50. The Labute approximate surface area is 107 Å². The van der Waals surface area contributed by atoms with Crippen molar-refractivity contribution in [2.24, 2.45) is 0 Å². The third kappa shape index (κ3) is 1.81. The van der Waals surface area contributed by atoms with Gasteiger partial charge in [-0.2, -0.15) is 0 Å². The van der Waals surface area contributed by atoms with Crippen LogP contribution in [0.2, 0.25) is 0 Å². The number of nitrogens with one attached hydrogen (secondary N) is 1. The Kier molecular flexibility index (Phi) is 2.45. The Morgan fingerprint density at radius 2 is 1.74 bits per heavy atom. The number of benzene rings is 2. The smallest absolute Gasteiger partial charge is 0.333 e. The fourth-order valence-corrected chi connectivity index (χ4v) is 2.09. The van der Waals surface area contributed by atoms with Gasteiger partial charge in [0, 0.05) is 5.69 Å². The van der Waals surface area contributed by atoms with Crippen LogP contribution >= 0.6 is 0 Å². The number of aromatic amines is 1. The van der Waals surface area contributed by atoms with Gasteiger partial charge in [0.05, 0.1) is 16.6 Å². The summed E-state index contributed by atoms with van der Waals surface area (Å²) in [5, 5.41) is 0.392. The van der Waals surface area contributed by atoms with E-state index >= 15 is 0 Å². The lowest BCUT2D eigenvalue weighted by atomic mass is 10.2. The van der Waals surface area contributed by atoms with E-state index in [0.717, 1.165) is 0 Å². The van der Waals surface area contributed by atoms with Crippen LogP contribution in [0.1, 0.15) is 0 Å². The molecule has 0 fully saturated rings. The number of fused-ring (bicyclic) bond motifs is 1. The van der Waals surface area contributed by atoms with Crippen molar-refractivity contribution in [3.05, 3.63) is 69.4 Å². The van der Waals surface area contributed by atoms with Crippen LogP contribution in [0, 0.1) is 0 Å². The summed E-state index contributed by atoms with van der Waals surface area (Å²) in [4.78, 5) is 26.1. The lowest BCUT2D eigenvalue weighted by Crippen LogP contribution is -2.29. The second-order valence-corrected chi connectivity index (χ2v) is 4.21. The molecule has 0 aliphatic rings. The molecule has 3 aromatic rings. The molecule has 3 rings (SSSR count). The first-order valence-corrected chi connectivity index (χ1v) is 5.77. The first kappa shape index (κ1) is 11.3. The summed E-state index contributed by atoms with van der Waals surface area (Å²) in [6.45, 7) is 0. The van der Waals surface area contributed by atoms with E-state index in [1.165, 1.54) is 4.57 Å². The topological polar surface area (TPSA) is 80.9 Å². The molecule has 2 aromatic carbocycles. The average molecular weight is 253 g/mol. The van der Waals surface area contributed by atoms with E-state index in [4.69, 9.17) is 5.73 Å². The zero-order valence-corrected chi connectivity index (χ0v) is 9.96. The number of hydrogen-bond acceptors (Lipinski definition) is 3. The molecule has 0 spiro atoms. The highest BCUT2D eigenvalue weighted by Crippen LogP contribution is 2.15. The van der Waals surface area contributed by atoms with E-state index in [0.29, 0.717) is 22.3 Å². The van der Waals surface area contributed by atoms with Crippen LogP contribution in [-0.2, 0) is 0 Å². The van der Waals surface area contributed by atoms with Gasteiger partial charge in [-0.15, -0.1) is 0 Å². The molecule has 0 bridgehead atoms. The van der Waals surface area contributed by atoms with Gasteiger partial charge in [-0.3, -0.25) is 14.3 Å². The molecule has 0 amide bonds. The van der Waals surface area contributed by atoms with Crippen molar-refractivity contribution in [1.82, 2.24) is 9.55 Å². The second kappa shape index (κ2) is 4.13. The van der Waals surface area contributed by atoms with Crippen molar-refractivity contribution < 1.29 is 0 Å². The molecular formula is C14H11N3O2. The third-order valence-electron chi connectivity index (χ3n) is 2.94. The van der Waals surface area contributed by atoms with Crippen molar-refractivity contribution >= 4 is 16.6 Å². The molecule has 0 aliphatic heterocycles. The van der Waals surface area contributed by atoms with Crippen molar-refractivity contribution in [1.29, 1.82) is 0 Å². The number of para-hydroxylation sites is 1. The van der Waals surface area contributed by atoms with Crippen LogP contribution < -0.4 is 17.0 Å². The first-order valence-electron chi connectivity index (χ1n) is 5.77. The molecule has 19 heavy (non-hydrogen) atoms. The van der Waals surface area contributed by atoms with Crippen LogP contribution in [0.3, 0.4) is 0 Å². The van der Waals surface area contributed by atoms with E-state index in [9.17, 15) is 9.59 Å². The first-order chi connectivity index (χ1) is 9.16. The van der Waals surface area contributed by atoms with Gasteiger partial charge in [0.25, 0.3) is 5.56 Å². The second-order valence-electron chi connectivity index (χ2n) is 4.21. The van der Waals surface area contributed by atoms with Gasteiger partial charge in [0.15, 0.2) is 0 Å². The van der Waals surface area contributed by atoms with Gasteiger partial charge in [-0.1, -0.05) is 18.2 Å². The van der Waals surface area contributed by atoms with E-state index in [-0.39, 0.29) is 0 Å². The minimum absolute atomic E-state index is 0.392. The Balaban J connectivity index is 2.49. The number of nitrogens with zero attached hydrogens (tertiary/aromatic N) is 1. The largest absolute Gasteiger partial charge is 0.399 e. The summed E-state index contributed by atoms with van der Waals surface area (Å²) < 4.78 is 1.45. The fourth-order valence-electron chi connectivity index (χ4n) is 2.09. The zero-order chi connectivity index (χ0) is 13.4. The van der Waals surface area contributed by atoms with E-state index in [1.807, 2.05) is 18.2 Å². The molecule has 1 aromatic heterocycles. The molecule has 5 nitrogen and oxygen atoms in total. The maximum absolute atomic E-state index is 12.0. The standard InChI is InChI=1S/C14H11N3O2/c15-9-6-7-12-11(8-9)13(18)16-14(19)17(12)10-4-2-1-3-5-10/h1-8H,15H2,(H,16,18,19). The average Bonchev–Trinajstić information content (AvgIpc) is 2.41. The summed E-state index contributed by atoms with van der Waals surface area (Å²) in [6.07, 6.45) is 0. The molecule has 0 saturated carbocycles. The van der Waals surface area contributed by atoms with Crippen molar-refractivity contribution in [3.8, 4) is 5.69 Å². The quantitative estimate of drug-likeness (QED) is 0.641. The molecule has 94 valence electrons. The monoisotopic (exact) mass is 253 g/mol. The van der Waals surface area contributed by atoms with Gasteiger partial charge in [0.1, 0.15) is 0 Å². The number of nitrogen functional groups attached to an aromatic ring is 1. The van der Waals surface area contributed by atoms with Crippen LogP contribution in [0.25, 0.3) is 16.6 Å². The summed E-state index contributed by atoms with van der Waals surface area (Å²) in [5.74, 6) is 0. The maximum Gasteiger partial charge on any atom is 0.333 e. The van der Waals surface area contributed by atoms with Crippen LogP contribution in [-0.4, -0.2) is 9.55 Å². The minimum Gasteiger partial charge on any atom is -0.399 e. The fraction of sp³-hybridized carbons (Fsp3) is 0. The van der Waals surface area contributed by atoms with Crippen molar-refractivity contribution in [2.75, 3.05) is 5.73 Å². The van der Waals surface area contributed by atoms with E-state index < -0.39 is 11.2 Å². The zero-order valence-electron chi connectivity index (χ0n) is 9.96. The number of aromatic nitrogens is 2. The number of rotatable bonds is 1. The Hall–Kier alpha value is -2.82. The lowest BCUT2D eigenvalue weighted by Gasteiger charge is -2.09. The molecule has 0 radical (unpaired) electrons. The number of nitrogens with two attached hydrogens (primary N) is 1. The number of anilines is 1. The molecule has 0 unspecified atom stereocenters. The van der Waals surface area contributed by atoms with Crippen LogP contribution in [0.4, 0.5) is 5.69 Å².